The van der Waals surface area contributed by atoms with Gasteiger partial charge >= 0.3 is 5.97 Å². The number of nitrogens with one attached hydrogen (secondary N) is 1. The van der Waals surface area contributed by atoms with Crippen LogP contribution in [-0.2, 0) is 16.1 Å². The fourth-order valence-electron chi connectivity index (χ4n) is 1.26. The Morgan fingerprint density at radius 2 is 2.31 bits per heavy atom. The van der Waals surface area contributed by atoms with Gasteiger partial charge in [-0.1, -0.05) is 6.07 Å². The Hall–Kier alpha value is -1.62. The van der Waals surface area contributed by atoms with E-state index in [1.54, 1.807) is 13.3 Å². The fourth-order valence-corrected chi connectivity index (χ4v) is 1.26. The molecule has 0 saturated heterocycles. The summed E-state index contributed by atoms with van der Waals surface area (Å²) < 4.78 is 9.63. The number of esters is 1. The highest BCUT2D eigenvalue weighted by atomic mass is 16.5. The SMILES string of the molecule is COC(=O)CCNCc1cccnc1OC. The van der Waals surface area contributed by atoms with Gasteiger partial charge in [0.1, 0.15) is 0 Å². The highest BCUT2D eigenvalue weighted by Crippen LogP contribution is 2.12. The Morgan fingerprint density at radius 1 is 1.50 bits per heavy atom. The summed E-state index contributed by atoms with van der Waals surface area (Å²) in [6.07, 6.45) is 2.04. The molecule has 5 nitrogen and oxygen atoms in total. The van der Waals surface area contributed by atoms with Crippen molar-refractivity contribution in [1.29, 1.82) is 0 Å². The van der Waals surface area contributed by atoms with Crippen LogP contribution in [0.15, 0.2) is 18.3 Å². The van der Waals surface area contributed by atoms with Gasteiger partial charge in [-0.3, -0.25) is 4.79 Å². The quantitative estimate of drug-likeness (QED) is 0.570. The van der Waals surface area contributed by atoms with E-state index in [1.165, 1.54) is 7.11 Å². The lowest BCUT2D eigenvalue weighted by molar-refractivity contribution is -0.140. The number of hydrogen-bond acceptors (Lipinski definition) is 5. The predicted molar refractivity (Wildman–Crippen MR) is 59.1 cm³/mol. The van der Waals surface area contributed by atoms with Gasteiger partial charge < -0.3 is 14.8 Å². The first-order valence-electron chi connectivity index (χ1n) is 5.03. The molecule has 1 heterocycles. The maximum Gasteiger partial charge on any atom is 0.306 e. The number of pyridine rings is 1. The molecule has 1 aromatic rings. The molecule has 0 unspecified atom stereocenters. The van der Waals surface area contributed by atoms with Crippen molar-refractivity contribution in [2.75, 3.05) is 20.8 Å². The average Bonchev–Trinajstić information content (AvgIpc) is 2.34. The van der Waals surface area contributed by atoms with Gasteiger partial charge in [0.05, 0.1) is 20.6 Å². The van der Waals surface area contributed by atoms with Crippen molar-refractivity contribution in [3.63, 3.8) is 0 Å². The molecule has 0 radical (unpaired) electrons. The largest absolute Gasteiger partial charge is 0.481 e. The van der Waals surface area contributed by atoms with Gasteiger partial charge in [0.15, 0.2) is 0 Å². The van der Waals surface area contributed by atoms with Gasteiger partial charge in [-0.15, -0.1) is 0 Å². The summed E-state index contributed by atoms with van der Waals surface area (Å²) in [6.45, 7) is 1.19. The van der Waals surface area contributed by atoms with Crippen LogP contribution in [0.1, 0.15) is 12.0 Å². The van der Waals surface area contributed by atoms with Crippen LogP contribution in [0.25, 0.3) is 0 Å². The number of hydrogen-bond donors (Lipinski definition) is 1. The molecule has 1 N–H and O–H groups in total. The minimum absolute atomic E-state index is 0.217. The van der Waals surface area contributed by atoms with E-state index in [9.17, 15) is 4.79 Å². The van der Waals surface area contributed by atoms with E-state index in [0.717, 1.165) is 5.56 Å². The number of carbonyl (C=O) groups is 1. The van der Waals surface area contributed by atoms with E-state index in [1.807, 2.05) is 12.1 Å². The minimum Gasteiger partial charge on any atom is -0.481 e. The van der Waals surface area contributed by atoms with E-state index in [-0.39, 0.29) is 5.97 Å². The smallest absolute Gasteiger partial charge is 0.306 e. The Bertz CT molecular complexity index is 342. The van der Waals surface area contributed by atoms with Crippen molar-refractivity contribution < 1.29 is 14.3 Å². The van der Waals surface area contributed by atoms with E-state index in [4.69, 9.17) is 4.74 Å². The first-order valence-corrected chi connectivity index (χ1v) is 5.03. The van der Waals surface area contributed by atoms with Crippen molar-refractivity contribution >= 4 is 5.97 Å². The molecule has 0 aliphatic heterocycles. The zero-order valence-electron chi connectivity index (χ0n) is 9.53. The highest BCUT2D eigenvalue weighted by molar-refractivity contribution is 5.69. The normalized spacial score (nSPS) is 9.88. The van der Waals surface area contributed by atoms with E-state index in [2.05, 4.69) is 15.0 Å². The van der Waals surface area contributed by atoms with Gasteiger partial charge in [-0.2, -0.15) is 0 Å². The topological polar surface area (TPSA) is 60.5 Å². The van der Waals surface area contributed by atoms with Crippen LogP contribution >= 0.6 is 0 Å². The van der Waals surface area contributed by atoms with Crippen LogP contribution in [0, 0.1) is 0 Å². The van der Waals surface area contributed by atoms with Gasteiger partial charge in [0, 0.05) is 24.8 Å². The van der Waals surface area contributed by atoms with E-state index in [0.29, 0.717) is 25.4 Å². The Labute approximate surface area is 94.8 Å². The number of methoxy groups -OCH3 is 2. The summed E-state index contributed by atoms with van der Waals surface area (Å²) >= 11 is 0. The first-order chi connectivity index (χ1) is 7.77. The zero-order valence-corrected chi connectivity index (χ0v) is 9.53. The molecule has 0 bridgehead atoms. The zero-order chi connectivity index (χ0) is 11.8. The maximum absolute atomic E-state index is 10.8. The second-order valence-corrected chi connectivity index (χ2v) is 3.17. The third kappa shape index (κ3) is 3.86. The number of aromatic nitrogens is 1. The molecular formula is C11H16N2O3. The van der Waals surface area contributed by atoms with E-state index < -0.39 is 0 Å². The third-order valence-electron chi connectivity index (χ3n) is 2.09. The molecule has 0 aromatic carbocycles. The molecule has 0 saturated carbocycles. The molecule has 5 heteroatoms. The molecule has 0 aliphatic carbocycles. The van der Waals surface area contributed by atoms with Crippen molar-refractivity contribution in [1.82, 2.24) is 10.3 Å². The second kappa shape index (κ2) is 6.79. The number of rotatable bonds is 6. The van der Waals surface area contributed by atoms with Crippen LogP contribution in [0.4, 0.5) is 0 Å². The van der Waals surface area contributed by atoms with Crippen LogP contribution in [0.3, 0.4) is 0 Å². The van der Waals surface area contributed by atoms with Gasteiger partial charge in [0.2, 0.25) is 5.88 Å². The van der Waals surface area contributed by atoms with Crippen LogP contribution < -0.4 is 10.1 Å². The number of carbonyl (C=O) groups excluding carboxylic acids is 1. The molecule has 0 aliphatic rings. The lowest BCUT2D eigenvalue weighted by atomic mass is 10.2. The molecule has 1 rings (SSSR count). The molecular weight excluding hydrogens is 208 g/mol. The summed E-state index contributed by atoms with van der Waals surface area (Å²) in [5.74, 6) is 0.388. The van der Waals surface area contributed by atoms with Crippen molar-refractivity contribution in [3.05, 3.63) is 23.9 Å². The first kappa shape index (κ1) is 12.4. The highest BCUT2D eigenvalue weighted by Gasteiger charge is 2.03. The monoisotopic (exact) mass is 224 g/mol. The molecule has 1 aromatic heterocycles. The summed E-state index contributed by atoms with van der Waals surface area (Å²) in [7, 11) is 2.97. The Morgan fingerprint density at radius 3 is 3.00 bits per heavy atom. The standard InChI is InChI=1S/C11H16N2O3/c1-15-10(14)5-7-12-8-9-4-3-6-13-11(9)16-2/h3-4,6,12H,5,7-8H2,1-2H3. The number of ether oxygens (including phenoxy) is 2. The Balaban J connectivity index is 2.34. The third-order valence-corrected chi connectivity index (χ3v) is 2.09. The maximum atomic E-state index is 10.8. The fraction of sp³-hybridized carbons (Fsp3) is 0.455. The summed E-state index contributed by atoms with van der Waals surface area (Å²) in [5.41, 5.74) is 0.967. The lowest BCUT2D eigenvalue weighted by Crippen LogP contribution is -2.18. The molecule has 0 fully saturated rings. The van der Waals surface area contributed by atoms with Gasteiger partial charge in [-0.25, -0.2) is 4.98 Å². The molecule has 16 heavy (non-hydrogen) atoms. The van der Waals surface area contributed by atoms with Crippen LogP contribution in [0.2, 0.25) is 0 Å². The second-order valence-electron chi connectivity index (χ2n) is 3.17. The minimum atomic E-state index is -0.217. The van der Waals surface area contributed by atoms with Crippen LogP contribution in [0.5, 0.6) is 5.88 Å². The lowest BCUT2D eigenvalue weighted by Gasteiger charge is -2.07. The van der Waals surface area contributed by atoms with Crippen molar-refractivity contribution in [3.8, 4) is 5.88 Å². The molecule has 0 amide bonds. The summed E-state index contributed by atoms with van der Waals surface area (Å²) in [5, 5.41) is 3.12. The van der Waals surface area contributed by atoms with Crippen LogP contribution in [-0.4, -0.2) is 31.7 Å². The molecule has 0 spiro atoms. The molecule has 0 atom stereocenters. The average molecular weight is 224 g/mol. The van der Waals surface area contributed by atoms with Crippen molar-refractivity contribution in [2.45, 2.75) is 13.0 Å². The molecule has 88 valence electrons. The predicted octanol–water partition coefficient (Wildman–Crippen LogP) is 0.743. The van der Waals surface area contributed by atoms with Crippen molar-refractivity contribution in [2.24, 2.45) is 0 Å². The van der Waals surface area contributed by atoms with E-state index >= 15 is 0 Å². The van der Waals surface area contributed by atoms with Gasteiger partial charge in [-0.05, 0) is 6.07 Å². The summed E-state index contributed by atoms with van der Waals surface area (Å²) in [4.78, 5) is 14.9. The Kier molecular flexibility index (Phi) is 5.28. The summed E-state index contributed by atoms with van der Waals surface area (Å²) in [6, 6.07) is 3.77. The number of nitrogens with zero attached hydrogens (tertiary/aromatic N) is 1. The van der Waals surface area contributed by atoms with Gasteiger partial charge in [0.25, 0.3) is 0 Å².